The normalized spacial score (nSPS) is 13.7. The lowest BCUT2D eigenvalue weighted by Crippen LogP contribution is -2.47. The first-order chi connectivity index (χ1) is 12.5. The van der Waals surface area contributed by atoms with Crippen molar-refractivity contribution in [3.05, 3.63) is 28.8 Å². The summed E-state index contributed by atoms with van der Waals surface area (Å²) in [6.45, 7) is 9.99. The molecule has 0 unspecified atom stereocenters. The third-order valence-corrected chi connectivity index (χ3v) is 3.94. The monoisotopic (exact) mass is 395 g/mol. The molecule has 1 aliphatic heterocycles. The SMILES string of the molecule is CC(C)(C)CC(C)(C)NC(=O)COC(=O)/C=C/c1cc(Cl)c2c(c1)OCO2. The molecule has 1 aromatic carbocycles. The fourth-order valence-electron chi connectivity index (χ4n) is 3.22. The maximum atomic E-state index is 12.0. The van der Waals surface area contributed by atoms with E-state index >= 15 is 0 Å². The molecular weight excluding hydrogens is 370 g/mol. The topological polar surface area (TPSA) is 73.9 Å². The van der Waals surface area contributed by atoms with Gasteiger partial charge in [-0.1, -0.05) is 32.4 Å². The van der Waals surface area contributed by atoms with E-state index in [0.717, 1.165) is 6.42 Å². The second kappa shape index (κ2) is 8.21. The van der Waals surface area contributed by atoms with Gasteiger partial charge in [-0.15, -0.1) is 0 Å². The third kappa shape index (κ3) is 6.79. The van der Waals surface area contributed by atoms with Gasteiger partial charge < -0.3 is 19.5 Å². The van der Waals surface area contributed by atoms with Crippen LogP contribution in [0.2, 0.25) is 5.02 Å². The van der Waals surface area contributed by atoms with Crippen molar-refractivity contribution in [2.75, 3.05) is 13.4 Å². The fourth-order valence-corrected chi connectivity index (χ4v) is 3.49. The summed E-state index contributed by atoms with van der Waals surface area (Å²) in [5.74, 6) is 0.0617. The van der Waals surface area contributed by atoms with Crippen LogP contribution in [0.3, 0.4) is 0 Å². The molecule has 148 valence electrons. The average Bonchev–Trinajstić information content (AvgIpc) is 2.97. The number of amides is 1. The molecule has 1 aromatic rings. The summed E-state index contributed by atoms with van der Waals surface area (Å²) in [4.78, 5) is 23.9. The van der Waals surface area contributed by atoms with Gasteiger partial charge in [0.1, 0.15) is 0 Å². The fraction of sp³-hybridized carbons (Fsp3) is 0.500. The number of esters is 1. The molecule has 0 aromatic heterocycles. The molecule has 0 fully saturated rings. The maximum absolute atomic E-state index is 12.0. The van der Waals surface area contributed by atoms with Gasteiger partial charge >= 0.3 is 5.97 Å². The van der Waals surface area contributed by atoms with Crippen molar-refractivity contribution in [3.8, 4) is 11.5 Å². The molecule has 0 atom stereocenters. The zero-order valence-electron chi connectivity index (χ0n) is 16.3. The van der Waals surface area contributed by atoms with Crippen LogP contribution in [0.4, 0.5) is 0 Å². The van der Waals surface area contributed by atoms with Crippen molar-refractivity contribution in [1.29, 1.82) is 0 Å². The number of halogens is 1. The van der Waals surface area contributed by atoms with Crippen LogP contribution in [0.1, 0.15) is 46.6 Å². The minimum absolute atomic E-state index is 0.0715. The van der Waals surface area contributed by atoms with E-state index in [1.54, 1.807) is 12.1 Å². The number of carbonyl (C=O) groups excluding carboxylic acids is 2. The van der Waals surface area contributed by atoms with E-state index in [-0.39, 0.29) is 30.3 Å². The summed E-state index contributed by atoms with van der Waals surface area (Å²) in [5, 5.41) is 3.29. The minimum Gasteiger partial charge on any atom is -0.454 e. The van der Waals surface area contributed by atoms with Crippen LogP contribution >= 0.6 is 11.6 Å². The van der Waals surface area contributed by atoms with Crippen LogP contribution in [0.5, 0.6) is 11.5 Å². The van der Waals surface area contributed by atoms with Gasteiger partial charge in [0.2, 0.25) is 6.79 Å². The lowest BCUT2D eigenvalue weighted by molar-refractivity contribution is -0.144. The molecular formula is C20H26ClNO5. The molecule has 0 saturated carbocycles. The number of nitrogens with one attached hydrogen (secondary N) is 1. The zero-order valence-corrected chi connectivity index (χ0v) is 17.1. The Morgan fingerprint density at radius 1 is 1.22 bits per heavy atom. The van der Waals surface area contributed by atoms with Crippen molar-refractivity contribution >= 4 is 29.6 Å². The van der Waals surface area contributed by atoms with Gasteiger partial charge in [0.15, 0.2) is 18.1 Å². The van der Waals surface area contributed by atoms with Crippen LogP contribution < -0.4 is 14.8 Å². The highest BCUT2D eigenvalue weighted by Gasteiger charge is 2.27. The molecule has 2 rings (SSSR count). The Labute approximate surface area is 164 Å². The maximum Gasteiger partial charge on any atom is 0.331 e. The first kappa shape index (κ1) is 21.1. The van der Waals surface area contributed by atoms with Gasteiger partial charge in [-0.05, 0) is 49.5 Å². The van der Waals surface area contributed by atoms with Gasteiger partial charge in [0.05, 0.1) is 5.02 Å². The standard InChI is InChI=1S/C20H26ClNO5/c1-19(2,3)11-20(4,5)22-16(23)10-25-17(24)7-6-13-8-14(21)18-15(9-13)26-12-27-18/h6-9H,10-12H2,1-5H3,(H,22,23)/b7-6+. The number of rotatable bonds is 6. The molecule has 7 heteroatoms. The van der Waals surface area contributed by atoms with Crippen LogP contribution in [-0.2, 0) is 14.3 Å². The Hall–Kier alpha value is -2.21. The molecule has 1 N–H and O–H groups in total. The Kier molecular flexibility index (Phi) is 6.42. The highest BCUT2D eigenvalue weighted by Crippen LogP contribution is 2.40. The lowest BCUT2D eigenvalue weighted by Gasteiger charge is -2.33. The van der Waals surface area contributed by atoms with Gasteiger partial charge in [-0.2, -0.15) is 0 Å². The highest BCUT2D eigenvalue weighted by atomic mass is 35.5. The second-order valence-corrected chi connectivity index (χ2v) is 8.75. The molecule has 1 amide bonds. The Balaban J connectivity index is 1.85. The molecule has 0 aliphatic carbocycles. The largest absolute Gasteiger partial charge is 0.454 e. The molecule has 0 bridgehead atoms. The lowest BCUT2D eigenvalue weighted by atomic mass is 9.82. The number of carbonyl (C=O) groups is 2. The summed E-state index contributed by atoms with van der Waals surface area (Å²) in [6, 6.07) is 3.36. The van der Waals surface area contributed by atoms with Crippen LogP contribution in [0, 0.1) is 5.41 Å². The van der Waals surface area contributed by atoms with E-state index < -0.39 is 5.97 Å². The van der Waals surface area contributed by atoms with Crippen molar-refractivity contribution in [2.24, 2.45) is 5.41 Å². The van der Waals surface area contributed by atoms with Gasteiger partial charge in [-0.25, -0.2) is 4.79 Å². The van der Waals surface area contributed by atoms with Crippen molar-refractivity contribution in [3.63, 3.8) is 0 Å². The predicted octanol–water partition coefficient (Wildman–Crippen LogP) is 3.96. The number of fused-ring (bicyclic) bond motifs is 1. The molecule has 0 spiro atoms. The first-order valence-electron chi connectivity index (χ1n) is 8.70. The summed E-state index contributed by atoms with van der Waals surface area (Å²) >= 11 is 6.09. The van der Waals surface area contributed by atoms with Crippen molar-refractivity contribution in [1.82, 2.24) is 5.32 Å². The number of ether oxygens (including phenoxy) is 3. The van der Waals surface area contributed by atoms with Crippen LogP contribution in [0.15, 0.2) is 18.2 Å². The molecule has 27 heavy (non-hydrogen) atoms. The van der Waals surface area contributed by atoms with E-state index in [0.29, 0.717) is 22.1 Å². The minimum atomic E-state index is -0.618. The molecule has 1 heterocycles. The summed E-state index contributed by atoms with van der Waals surface area (Å²) in [5.41, 5.74) is 0.347. The van der Waals surface area contributed by atoms with E-state index in [2.05, 4.69) is 26.1 Å². The average molecular weight is 396 g/mol. The number of hydrogen-bond donors (Lipinski definition) is 1. The van der Waals surface area contributed by atoms with Gasteiger partial charge in [0.25, 0.3) is 5.91 Å². The quantitative estimate of drug-likeness (QED) is 0.583. The molecule has 0 saturated heterocycles. The second-order valence-electron chi connectivity index (χ2n) is 8.35. The smallest absolute Gasteiger partial charge is 0.331 e. The summed E-state index contributed by atoms with van der Waals surface area (Å²) in [7, 11) is 0. The van der Waals surface area contributed by atoms with E-state index in [1.165, 1.54) is 12.2 Å². The van der Waals surface area contributed by atoms with E-state index in [4.69, 9.17) is 25.8 Å². The van der Waals surface area contributed by atoms with Crippen LogP contribution in [-0.4, -0.2) is 30.8 Å². The molecule has 1 aliphatic rings. The molecule has 6 nitrogen and oxygen atoms in total. The van der Waals surface area contributed by atoms with Crippen molar-refractivity contribution < 1.29 is 23.8 Å². The van der Waals surface area contributed by atoms with E-state index in [9.17, 15) is 9.59 Å². The third-order valence-electron chi connectivity index (χ3n) is 3.66. The van der Waals surface area contributed by atoms with Crippen LogP contribution in [0.25, 0.3) is 6.08 Å². The van der Waals surface area contributed by atoms with Gasteiger partial charge in [-0.3, -0.25) is 4.79 Å². The summed E-state index contributed by atoms with van der Waals surface area (Å²) < 4.78 is 15.5. The Bertz CT molecular complexity index is 749. The first-order valence-corrected chi connectivity index (χ1v) is 9.08. The summed E-state index contributed by atoms with van der Waals surface area (Å²) in [6.07, 6.45) is 3.57. The van der Waals surface area contributed by atoms with Gasteiger partial charge in [0, 0.05) is 11.6 Å². The number of benzene rings is 1. The Morgan fingerprint density at radius 2 is 1.93 bits per heavy atom. The Morgan fingerprint density at radius 3 is 2.59 bits per heavy atom. The molecule has 0 radical (unpaired) electrons. The highest BCUT2D eigenvalue weighted by molar-refractivity contribution is 6.32. The van der Waals surface area contributed by atoms with Crippen molar-refractivity contribution in [2.45, 2.75) is 46.6 Å². The zero-order chi connectivity index (χ0) is 20.2. The van der Waals surface area contributed by atoms with E-state index in [1.807, 2.05) is 13.8 Å². The number of hydrogen-bond acceptors (Lipinski definition) is 5. The predicted molar refractivity (Wildman–Crippen MR) is 104 cm³/mol.